The van der Waals surface area contributed by atoms with E-state index in [-0.39, 0.29) is 5.82 Å². The summed E-state index contributed by atoms with van der Waals surface area (Å²) in [6.07, 6.45) is 1.53. The Bertz CT molecular complexity index is 524. The van der Waals surface area contributed by atoms with E-state index >= 15 is 0 Å². The molecule has 78 valence electrons. The molecule has 15 heavy (non-hydrogen) atoms. The number of nitrogens with two attached hydrogens (primary N) is 1. The molecule has 0 bridgehead atoms. The lowest BCUT2D eigenvalue weighted by molar-refractivity contribution is -0.138. The maximum Gasteiger partial charge on any atom is 0.328 e. The van der Waals surface area contributed by atoms with Gasteiger partial charge in [-0.15, -0.1) is 5.10 Å². The van der Waals surface area contributed by atoms with Gasteiger partial charge in [-0.05, 0) is 12.1 Å². The summed E-state index contributed by atoms with van der Waals surface area (Å²) < 4.78 is 1.39. The molecule has 0 aliphatic carbocycles. The van der Waals surface area contributed by atoms with Crippen LogP contribution in [-0.2, 0) is 4.79 Å². The van der Waals surface area contributed by atoms with Crippen LogP contribution in [0.5, 0.6) is 0 Å². The number of aliphatic carboxylic acids is 1. The smallest absolute Gasteiger partial charge is 0.328 e. The number of carboxylic acid groups (broad SMARTS) is 1. The van der Waals surface area contributed by atoms with Crippen LogP contribution >= 0.6 is 11.6 Å². The average Bonchev–Trinajstić information content (AvgIpc) is 2.58. The second kappa shape index (κ2) is 3.48. The number of pyridine rings is 1. The Hall–Kier alpha value is -1.66. The first kappa shape index (κ1) is 9.88. The molecule has 7 heteroatoms. The van der Waals surface area contributed by atoms with Crippen LogP contribution in [0.2, 0.25) is 5.02 Å². The van der Waals surface area contributed by atoms with Gasteiger partial charge >= 0.3 is 5.97 Å². The molecule has 0 saturated heterocycles. The molecule has 1 unspecified atom stereocenters. The van der Waals surface area contributed by atoms with Crippen molar-refractivity contribution < 1.29 is 9.90 Å². The number of aromatic nitrogens is 3. The number of carbonyl (C=O) groups is 1. The lowest BCUT2D eigenvalue weighted by Gasteiger charge is -1.97. The number of nitrogens with zero attached hydrogens (tertiary/aromatic N) is 3. The van der Waals surface area contributed by atoms with Gasteiger partial charge < -0.3 is 10.8 Å². The molecule has 2 aromatic rings. The molecule has 0 amide bonds. The Labute approximate surface area is 89.3 Å². The highest BCUT2D eigenvalue weighted by molar-refractivity contribution is 6.30. The van der Waals surface area contributed by atoms with Gasteiger partial charge in [0.05, 0.1) is 5.02 Å². The van der Waals surface area contributed by atoms with Crippen LogP contribution in [0.25, 0.3) is 5.65 Å². The average molecular weight is 227 g/mol. The van der Waals surface area contributed by atoms with Crippen molar-refractivity contribution in [2.45, 2.75) is 6.04 Å². The highest BCUT2D eigenvalue weighted by Gasteiger charge is 2.19. The molecule has 6 nitrogen and oxygen atoms in total. The van der Waals surface area contributed by atoms with Crippen molar-refractivity contribution in [2.24, 2.45) is 5.73 Å². The zero-order chi connectivity index (χ0) is 11.0. The number of rotatable bonds is 2. The first-order valence-corrected chi connectivity index (χ1v) is 4.46. The number of hydrogen-bond donors (Lipinski definition) is 2. The van der Waals surface area contributed by atoms with Crippen LogP contribution in [0.3, 0.4) is 0 Å². The summed E-state index contributed by atoms with van der Waals surface area (Å²) in [7, 11) is 0. The van der Waals surface area contributed by atoms with E-state index < -0.39 is 12.0 Å². The van der Waals surface area contributed by atoms with Gasteiger partial charge in [-0.25, -0.2) is 9.50 Å². The zero-order valence-corrected chi connectivity index (χ0v) is 8.22. The summed E-state index contributed by atoms with van der Waals surface area (Å²) in [6.45, 7) is 0. The lowest BCUT2D eigenvalue weighted by Crippen LogP contribution is -2.22. The number of carboxylic acids is 1. The Morgan fingerprint density at radius 2 is 2.33 bits per heavy atom. The van der Waals surface area contributed by atoms with Crippen LogP contribution < -0.4 is 5.73 Å². The van der Waals surface area contributed by atoms with E-state index in [2.05, 4.69) is 10.1 Å². The van der Waals surface area contributed by atoms with Crippen molar-refractivity contribution >= 4 is 23.2 Å². The SMILES string of the molecule is NC(C(=O)O)c1nc2ccc(Cl)cn2n1. The fourth-order valence-electron chi connectivity index (χ4n) is 1.12. The predicted octanol–water partition coefficient (Wildman–Crippen LogP) is 0.467. The van der Waals surface area contributed by atoms with Crippen LogP contribution in [0, 0.1) is 0 Å². The summed E-state index contributed by atoms with van der Waals surface area (Å²) in [5, 5.41) is 13.1. The minimum atomic E-state index is -1.22. The molecule has 0 aromatic carbocycles. The molecule has 1 atom stereocenters. The zero-order valence-electron chi connectivity index (χ0n) is 7.46. The molecule has 0 aliphatic rings. The van der Waals surface area contributed by atoms with E-state index in [0.717, 1.165) is 0 Å². The van der Waals surface area contributed by atoms with Crippen LogP contribution in [0.15, 0.2) is 18.3 Å². The summed E-state index contributed by atoms with van der Waals surface area (Å²) >= 11 is 5.73. The van der Waals surface area contributed by atoms with Gasteiger partial charge in [0.25, 0.3) is 0 Å². The molecular weight excluding hydrogens is 220 g/mol. The van der Waals surface area contributed by atoms with Gasteiger partial charge in [-0.1, -0.05) is 11.6 Å². The molecular formula is C8H7ClN4O2. The first-order valence-electron chi connectivity index (χ1n) is 4.08. The summed E-state index contributed by atoms with van der Waals surface area (Å²) in [4.78, 5) is 14.6. The van der Waals surface area contributed by atoms with Crippen molar-refractivity contribution in [3.05, 3.63) is 29.2 Å². The Kier molecular flexibility index (Phi) is 2.29. The minimum Gasteiger partial charge on any atom is -0.480 e. The van der Waals surface area contributed by atoms with E-state index in [1.54, 1.807) is 12.1 Å². The first-order chi connectivity index (χ1) is 7.08. The standard InChI is InChI=1S/C8H7ClN4O2/c9-4-1-2-5-11-7(6(10)8(14)15)12-13(5)3-4/h1-3,6H,10H2,(H,14,15). The van der Waals surface area contributed by atoms with Gasteiger partial charge in [-0.3, -0.25) is 4.79 Å². The topological polar surface area (TPSA) is 93.5 Å². The molecule has 0 radical (unpaired) electrons. The largest absolute Gasteiger partial charge is 0.480 e. The fourth-order valence-corrected chi connectivity index (χ4v) is 1.27. The molecule has 0 aliphatic heterocycles. The Morgan fingerprint density at radius 1 is 1.60 bits per heavy atom. The third-order valence-corrected chi connectivity index (χ3v) is 2.08. The number of fused-ring (bicyclic) bond motifs is 1. The number of hydrogen-bond acceptors (Lipinski definition) is 4. The van der Waals surface area contributed by atoms with Gasteiger partial charge in [0.1, 0.15) is 0 Å². The van der Waals surface area contributed by atoms with Crippen molar-refractivity contribution in [2.75, 3.05) is 0 Å². The monoisotopic (exact) mass is 226 g/mol. The van der Waals surface area contributed by atoms with E-state index in [4.69, 9.17) is 22.4 Å². The van der Waals surface area contributed by atoms with Crippen molar-refractivity contribution in [1.29, 1.82) is 0 Å². The molecule has 0 fully saturated rings. The molecule has 2 aromatic heterocycles. The second-order valence-electron chi connectivity index (χ2n) is 2.94. The second-order valence-corrected chi connectivity index (χ2v) is 3.37. The van der Waals surface area contributed by atoms with Crippen LogP contribution in [0.1, 0.15) is 11.9 Å². The molecule has 2 heterocycles. The van der Waals surface area contributed by atoms with Crippen LogP contribution in [-0.4, -0.2) is 25.7 Å². The minimum absolute atomic E-state index is 0.0600. The molecule has 3 N–H and O–H groups in total. The van der Waals surface area contributed by atoms with Crippen LogP contribution in [0.4, 0.5) is 0 Å². The summed E-state index contributed by atoms with van der Waals surface area (Å²) in [6, 6.07) is 2.05. The fraction of sp³-hybridized carbons (Fsp3) is 0.125. The van der Waals surface area contributed by atoms with Crippen molar-refractivity contribution in [1.82, 2.24) is 14.6 Å². The van der Waals surface area contributed by atoms with Gasteiger partial charge in [-0.2, -0.15) is 0 Å². The predicted molar refractivity (Wildman–Crippen MR) is 52.6 cm³/mol. The van der Waals surface area contributed by atoms with Crippen molar-refractivity contribution in [3.8, 4) is 0 Å². The maximum absolute atomic E-state index is 10.6. The number of halogens is 1. The van der Waals surface area contributed by atoms with E-state index in [1.807, 2.05) is 0 Å². The van der Waals surface area contributed by atoms with E-state index in [0.29, 0.717) is 10.7 Å². The molecule has 2 rings (SSSR count). The van der Waals surface area contributed by atoms with E-state index in [1.165, 1.54) is 10.7 Å². The normalized spacial score (nSPS) is 12.9. The van der Waals surface area contributed by atoms with Gasteiger partial charge in [0, 0.05) is 6.20 Å². The van der Waals surface area contributed by atoms with E-state index in [9.17, 15) is 4.79 Å². The van der Waals surface area contributed by atoms with Crippen molar-refractivity contribution in [3.63, 3.8) is 0 Å². The third-order valence-electron chi connectivity index (χ3n) is 1.86. The third kappa shape index (κ3) is 1.77. The lowest BCUT2D eigenvalue weighted by atomic mass is 10.3. The maximum atomic E-state index is 10.6. The highest BCUT2D eigenvalue weighted by atomic mass is 35.5. The quantitative estimate of drug-likeness (QED) is 0.776. The molecule has 0 spiro atoms. The Balaban J connectivity index is 2.51. The Morgan fingerprint density at radius 3 is 3.00 bits per heavy atom. The highest BCUT2D eigenvalue weighted by Crippen LogP contribution is 2.12. The molecule has 0 saturated carbocycles. The van der Waals surface area contributed by atoms with Gasteiger partial charge in [0.2, 0.25) is 0 Å². The van der Waals surface area contributed by atoms with Gasteiger partial charge in [0.15, 0.2) is 17.5 Å². The summed E-state index contributed by atoms with van der Waals surface area (Å²) in [5.41, 5.74) is 5.87. The summed E-state index contributed by atoms with van der Waals surface area (Å²) in [5.74, 6) is -1.11.